The van der Waals surface area contributed by atoms with Gasteiger partial charge in [0.2, 0.25) is 5.69 Å². The van der Waals surface area contributed by atoms with E-state index in [1.54, 1.807) is 12.3 Å². The van der Waals surface area contributed by atoms with Crippen molar-refractivity contribution in [2.75, 3.05) is 12.3 Å². The molecule has 3 N–H and O–H groups in total. The van der Waals surface area contributed by atoms with Crippen molar-refractivity contribution in [2.24, 2.45) is 4.99 Å². The van der Waals surface area contributed by atoms with Gasteiger partial charge >= 0.3 is 5.97 Å². The predicted octanol–water partition coefficient (Wildman–Crippen LogP) is 4.40. The van der Waals surface area contributed by atoms with Crippen LogP contribution in [0, 0.1) is 0 Å². The highest BCUT2D eigenvalue weighted by Gasteiger charge is 2.48. The average molecular weight is 566 g/mol. The molecule has 12 heteroatoms. The zero-order valence-electron chi connectivity index (χ0n) is 21.2. The molecule has 1 aliphatic rings. The van der Waals surface area contributed by atoms with E-state index in [0.29, 0.717) is 44.2 Å². The molecule has 1 heterocycles. The first kappa shape index (κ1) is 29.6. The van der Waals surface area contributed by atoms with Gasteiger partial charge in [0.05, 0.1) is 28.2 Å². The molecule has 0 amide bonds. The molecule has 0 aromatic heterocycles. The third-order valence-corrected chi connectivity index (χ3v) is 8.40. The molecule has 0 bridgehead atoms. The zero-order chi connectivity index (χ0) is 28.0. The van der Waals surface area contributed by atoms with E-state index >= 15 is 0 Å². The van der Waals surface area contributed by atoms with Crippen molar-refractivity contribution < 1.29 is 40.4 Å². The molecule has 0 aliphatic carbocycles. The molecule has 0 saturated carbocycles. The first-order valence-corrected chi connectivity index (χ1v) is 15.4. The Balaban J connectivity index is 2.03. The highest BCUT2D eigenvalue weighted by molar-refractivity contribution is 7.86. The van der Waals surface area contributed by atoms with Crippen LogP contribution < -0.4 is 0 Å². The number of aliphatic carboxylic acids is 1. The van der Waals surface area contributed by atoms with Crippen LogP contribution in [-0.2, 0) is 30.4 Å². The van der Waals surface area contributed by atoms with Crippen LogP contribution >= 0.6 is 0 Å². The molecule has 206 valence electrons. The van der Waals surface area contributed by atoms with Gasteiger partial charge in [-0.05, 0) is 56.9 Å². The quantitative estimate of drug-likeness (QED) is 0.131. The Morgan fingerprint density at radius 2 is 1.71 bits per heavy atom. The number of benzene rings is 2. The Kier molecular flexibility index (Phi) is 9.58. The summed E-state index contributed by atoms with van der Waals surface area (Å²) in [5.41, 5.74) is 2.16. The smallest absolute Gasteiger partial charge is 0.303 e. The van der Waals surface area contributed by atoms with Crippen LogP contribution in [0.25, 0.3) is 0 Å². The van der Waals surface area contributed by atoms with E-state index in [2.05, 4.69) is 4.99 Å². The Morgan fingerprint density at radius 1 is 1.00 bits per heavy atom. The summed E-state index contributed by atoms with van der Waals surface area (Å²) in [4.78, 5) is 15.1. The number of aliphatic imine (C=N–C) groups is 1. The van der Waals surface area contributed by atoms with Crippen LogP contribution in [-0.4, -0.2) is 65.8 Å². The number of carbonyl (C=O) groups is 1. The van der Waals surface area contributed by atoms with Crippen LogP contribution in [0.15, 0.2) is 58.4 Å². The molecular weight excluding hydrogens is 532 g/mol. The zero-order valence-corrected chi connectivity index (χ0v) is 22.8. The second-order valence-electron chi connectivity index (χ2n) is 9.53. The van der Waals surface area contributed by atoms with Gasteiger partial charge in [-0.3, -0.25) is 18.9 Å². The fraction of sp³-hybridized carbons (Fsp3) is 0.423. The lowest BCUT2D eigenvalue weighted by Gasteiger charge is -2.23. The number of nitrogens with zero attached hydrogens (tertiary/aromatic N) is 2. The molecule has 3 rings (SSSR count). The lowest BCUT2D eigenvalue weighted by atomic mass is 9.75. The van der Waals surface area contributed by atoms with E-state index in [4.69, 9.17) is 5.11 Å². The highest BCUT2D eigenvalue weighted by atomic mass is 32.2. The summed E-state index contributed by atoms with van der Waals surface area (Å²) in [6.07, 6.45) is 4.48. The van der Waals surface area contributed by atoms with Gasteiger partial charge in [0, 0.05) is 30.7 Å². The molecule has 2 aromatic rings. The van der Waals surface area contributed by atoms with Crippen LogP contribution in [0.3, 0.4) is 0 Å². The minimum Gasteiger partial charge on any atom is -0.481 e. The lowest BCUT2D eigenvalue weighted by molar-refractivity contribution is -0.440. The standard InChI is InChI=1S/C26H32N2O8S2/c1-26(15-8-18-37(31,32)33)22-19-21(38(34,35)36)12-13-23(22)28(17-7-3-6-11-25(29)30)24(26)14-16-27-20-9-4-2-5-10-20/h2,4-5,9-10,12-13,16,19H,3,6-8,11,14-15,17-18H2,1H3,(H2-,29,30,31,32,33,34,35,36)/p+1. The van der Waals surface area contributed by atoms with Gasteiger partial charge in [-0.25, -0.2) is 0 Å². The number of para-hydroxylation sites is 1. The largest absolute Gasteiger partial charge is 0.481 e. The van der Waals surface area contributed by atoms with Crippen LogP contribution in [0.1, 0.15) is 57.4 Å². The molecule has 1 atom stereocenters. The highest BCUT2D eigenvalue weighted by Crippen LogP contribution is 2.44. The van der Waals surface area contributed by atoms with Gasteiger partial charge < -0.3 is 5.11 Å². The first-order valence-electron chi connectivity index (χ1n) is 12.3. The fourth-order valence-electron chi connectivity index (χ4n) is 4.90. The van der Waals surface area contributed by atoms with Gasteiger partial charge in [-0.2, -0.15) is 21.4 Å². The Morgan fingerprint density at radius 3 is 2.34 bits per heavy atom. The van der Waals surface area contributed by atoms with Crippen molar-refractivity contribution in [3.05, 3.63) is 54.1 Å². The van der Waals surface area contributed by atoms with Gasteiger partial charge in [-0.15, -0.1) is 0 Å². The summed E-state index contributed by atoms with van der Waals surface area (Å²) in [5, 5.41) is 8.93. The minimum absolute atomic E-state index is 0.0714. The van der Waals surface area contributed by atoms with Crippen molar-refractivity contribution >= 4 is 49.5 Å². The molecule has 1 aliphatic heterocycles. The van der Waals surface area contributed by atoms with E-state index in [1.165, 1.54) is 12.1 Å². The van der Waals surface area contributed by atoms with Gasteiger partial charge in [0.25, 0.3) is 20.2 Å². The monoisotopic (exact) mass is 565 g/mol. The number of carboxylic acids is 1. The number of carboxylic acid groups (broad SMARTS) is 1. The van der Waals surface area contributed by atoms with Crippen molar-refractivity contribution in [2.45, 2.75) is 62.2 Å². The van der Waals surface area contributed by atoms with Crippen molar-refractivity contribution in [3.63, 3.8) is 0 Å². The third kappa shape index (κ3) is 7.79. The Labute approximate surface area is 223 Å². The second-order valence-corrected chi connectivity index (χ2v) is 12.5. The molecule has 0 saturated heterocycles. The van der Waals surface area contributed by atoms with E-state index in [9.17, 15) is 30.7 Å². The summed E-state index contributed by atoms with van der Waals surface area (Å²) in [6, 6.07) is 13.7. The summed E-state index contributed by atoms with van der Waals surface area (Å²) >= 11 is 0. The van der Waals surface area contributed by atoms with E-state index in [1.807, 2.05) is 41.8 Å². The minimum atomic E-state index is -4.48. The van der Waals surface area contributed by atoms with E-state index in [-0.39, 0.29) is 17.7 Å². The number of rotatable bonds is 14. The maximum absolute atomic E-state index is 11.9. The van der Waals surface area contributed by atoms with Gasteiger partial charge in [0.1, 0.15) is 6.54 Å². The van der Waals surface area contributed by atoms with Crippen molar-refractivity contribution in [1.82, 2.24) is 0 Å². The number of hydrogen-bond acceptors (Lipinski definition) is 6. The Bertz CT molecular complexity index is 1430. The van der Waals surface area contributed by atoms with E-state index in [0.717, 1.165) is 17.1 Å². The number of hydrogen-bond donors (Lipinski definition) is 3. The maximum Gasteiger partial charge on any atom is 0.303 e. The first-order chi connectivity index (χ1) is 17.8. The topological polar surface area (TPSA) is 161 Å². The molecule has 1 unspecified atom stereocenters. The fourth-order valence-corrected chi connectivity index (χ4v) is 5.92. The summed E-state index contributed by atoms with van der Waals surface area (Å²) < 4.78 is 67.8. The average Bonchev–Trinajstić information content (AvgIpc) is 3.05. The summed E-state index contributed by atoms with van der Waals surface area (Å²) in [5.74, 6) is -1.30. The predicted molar refractivity (Wildman–Crippen MR) is 144 cm³/mol. The summed E-state index contributed by atoms with van der Waals surface area (Å²) in [6.45, 7) is 2.42. The third-order valence-electron chi connectivity index (χ3n) is 6.75. The maximum atomic E-state index is 11.9. The molecular formula is C26H33N2O8S2+. The van der Waals surface area contributed by atoms with Crippen LogP contribution in [0.4, 0.5) is 11.4 Å². The number of unbranched alkanes of at least 4 members (excludes halogenated alkanes) is 2. The van der Waals surface area contributed by atoms with Crippen molar-refractivity contribution in [3.8, 4) is 0 Å². The van der Waals surface area contributed by atoms with Crippen molar-refractivity contribution in [1.29, 1.82) is 0 Å². The lowest BCUT2D eigenvalue weighted by Crippen LogP contribution is -2.34. The van der Waals surface area contributed by atoms with Gasteiger partial charge in [0.15, 0.2) is 5.71 Å². The molecule has 38 heavy (non-hydrogen) atoms. The Hall–Kier alpha value is -2.93. The van der Waals surface area contributed by atoms with Crippen LogP contribution in [0.5, 0.6) is 0 Å². The summed E-state index contributed by atoms with van der Waals surface area (Å²) in [7, 11) is -8.68. The van der Waals surface area contributed by atoms with Gasteiger partial charge in [-0.1, -0.05) is 18.2 Å². The molecule has 0 spiro atoms. The SMILES string of the molecule is CC1(CCCS(=O)(=O)O)C(CC=Nc2ccccc2)=[N+](CCCCCC(=O)O)c2ccc(S(=O)(=O)O)cc21. The normalized spacial score (nSPS) is 17.8. The molecule has 2 aromatic carbocycles. The molecule has 10 nitrogen and oxygen atoms in total. The second kappa shape index (κ2) is 12.3. The molecule has 0 fully saturated rings. The van der Waals surface area contributed by atoms with E-state index < -0.39 is 37.4 Å². The van der Waals surface area contributed by atoms with Crippen LogP contribution in [0.2, 0.25) is 0 Å². The molecule has 0 radical (unpaired) electrons. The number of fused-ring (bicyclic) bond motifs is 1.